The molecule has 2 aromatic carbocycles. The van der Waals surface area contributed by atoms with Crippen LogP contribution in [0.25, 0.3) is 0 Å². The number of aromatic hydroxyl groups is 1. The third-order valence-corrected chi connectivity index (χ3v) is 4.99. The van der Waals surface area contributed by atoms with E-state index in [1.807, 2.05) is 42.5 Å². The molecule has 3 N–H and O–H groups in total. The summed E-state index contributed by atoms with van der Waals surface area (Å²) in [6.07, 6.45) is 0. The van der Waals surface area contributed by atoms with E-state index >= 15 is 0 Å². The molecular weight excluding hydrogens is 366 g/mol. The molecule has 0 aromatic heterocycles. The molecule has 0 saturated carbocycles. The van der Waals surface area contributed by atoms with Gasteiger partial charge in [0.1, 0.15) is 5.75 Å². The maximum absolute atomic E-state index is 11.7. The Labute approximate surface area is 172 Å². The highest BCUT2D eigenvalue weighted by Gasteiger charge is 2.21. The second-order valence-corrected chi connectivity index (χ2v) is 6.91. The second-order valence-electron chi connectivity index (χ2n) is 6.91. The van der Waals surface area contributed by atoms with E-state index in [2.05, 4.69) is 27.4 Å². The summed E-state index contributed by atoms with van der Waals surface area (Å²) in [6, 6.07) is 15.0. The van der Waals surface area contributed by atoms with Gasteiger partial charge in [-0.05, 0) is 36.8 Å². The number of benzene rings is 2. The fraction of sp³-hybridized carbons (Fsp3) is 0.364. The van der Waals surface area contributed by atoms with Crippen LogP contribution in [-0.4, -0.2) is 61.6 Å². The molecule has 0 atom stereocenters. The van der Waals surface area contributed by atoms with Crippen LogP contribution in [0, 0.1) is 0 Å². The second kappa shape index (κ2) is 9.82. The Morgan fingerprint density at radius 3 is 2.38 bits per heavy atom. The Morgan fingerprint density at radius 1 is 1.07 bits per heavy atom. The van der Waals surface area contributed by atoms with Crippen molar-refractivity contribution in [2.24, 2.45) is 4.99 Å². The van der Waals surface area contributed by atoms with Gasteiger partial charge in [0.05, 0.1) is 12.2 Å². The van der Waals surface area contributed by atoms with Gasteiger partial charge in [0.15, 0.2) is 5.96 Å². The van der Waals surface area contributed by atoms with Gasteiger partial charge in [0, 0.05) is 45.3 Å². The summed E-state index contributed by atoms with van der Waals surface area (Å²) in [4.78, 5) is 20.9. The highest BCUT2D eigenvalue weighted by atomic mass is 16.3. The Morgan fingerprint density at radius 2 is 1.76 bits per heavy atom. The average Bonchev–Trinajstić information content (AvgIpc) is 2.77. The lowest BCUT2D eigenvalue weighted by molar-refractivity contribution is 0.0963. The maximum Gasteiger partial charge on any atom is 0.251 e. The van der Waals surface area contributed by atoms with Crippen LogP contribution >= 0.6 is 0 Å². The standard InChI is InChI=1S/C22H29N5O2/c1-3-24-22(25-16-17-8-10-18(11-9-17)21(29)23-2)27-14-12-26(13-15-27)19-6-4-5-7-20(19)28/h4-11,28H,3,12-16H2,1-2H3,(H,23,29)(H,24,25). The number of piperazine rings is 1. The van der Waals surface area contributed by atoms with Crippen molar-refractivity contribution in [1.29, 1.82) is 0 Å². The van der Waals surface area contributed by atoms with Crippen molar-refractivity contribution in [2.75, 3.05) is 44.7 Å². The van der Waals surface area contributed by atoms with Crippen LogP contribution in [0.5, 0.6) is 5.75 Å². The average molecular weight is 396 g/mol. The lowest BCUT2D eigenvalue weighted by Gasteiger charge is -2.37. The summed E-state index contributed by atoms with van der Waals surface area (Å²) in [6.45, 7) is 6.72. The summed E-state index contributed by atoms with van der Waals surface area (Å²) in [5, 5.41) is 16.1. The SMILES string of the molecule is CCNC(=NCc1ccc(C(=O)NC)cc1)N1CCN(c2ccccc2O)CC1. The van der Waals surface area contributed by atoms with E-state index < -0.39 is 0 Å². The van der Waals surface area contributed by atoms with Gasteiger partial charge in [0.2, 0.25) is 0 Å². The summed E-state index contributed by atoms with van der Waals surface area (Å²) in [7, 11) is 1.63. The van der Waals surface area contributed by atoms with E-state index in [1.165, 1.54) is 0 Å². The molecule has 29 heavy (non-hydrogen) atoms. The molecular formula is C22H29N5O2. The Bertz CT molecular complexity index is 843. The molecule has 0 aliphatic carbocycles. The lowest BCUT2D eigenvalue weighted by atomic mass is 10.1. The molecule has 1 fully saturated rings. The van der Waals surface area contributed by atoms with Crippen molar-refractivity contribution < 1.29 is 9.90 Å². The summed E-state index contributed by atoms with van der Waals surface area (Å²) in [5.41, 5.74) is 2.58. The van der Waals surface area contributed by atoms with Crippen LogP contribution in [-0.2, 0) is 6.54 Å². The lowest BCUT2D eigenvalue weighted by Crippen LogP contribution is -2.52. The monoisotopic (exact) mass is 395 g/mol. The van der Waals surface area contributed by atoms with Gasteiger partial charge >= 0.3 is 0 Å². The number of carbonyl (C=O) groups excluding carboxylic acids is 1. The van der Waals surface area contributed by atoms with Gasteiger partial charge in [-0.25, -0.2) is 4.99 Å². The molecule has 1 aliphatic heterocycles. The van der Waals surface area contributed by atoms with E-state index in [1.54, 1.807) is 13.1 Å². The molecule has 0 unspecified atom stereocenters. The molecule has 7 heteroatoms. The number of phenolic OH excluding ortho intramolecular Hbond substituents is 1. The van der Waals surface area contributed by atoms with Crippen LogP contribution in [0.15, 0.2) is 53.5 Å². The highest BCUT2D eigenvalue weighted by molar-refractivity contribution is 5.93. The molecule has 0 bridgehead atoms. The quantitative estimate of drug-likeness (QED) is 0.533. The van der Waals surface area contributed by atoms with Crippen LogP contribution < -0.4 is 15.5 Å². The number of amides is 1. The van der Waals surface area contributed by atoms with Gasteiger partial charge < -0.3 is 25.5 Å². The zero-order chi connectivity index (χ0) is 20.6. The van der Waals surface area contributed by atoms with Gasteiger partial charge in [-0.1, -0.05) is 24.3 Å². The molecule has 154 valence electrons. The topological polar surface area (TPSA) is 80.2 Å². The minimum Gasteiger partial charge on any atom is -0.506 e. The highest BCUT2D eigenvalue weighted by Crippen LogP contribution is 2.27. The summed E-state index contributed by atoms with van der Waals surface area (Å²) >= 11 is 0. The number of carbonyl (C=O) groups is 1. The molecule has 0 spiro atoms. The predicted octanol–water partition coefficient (Wildman–Crippen LogP) is 2.04. The van der Waals surface area contributed by atoms with Crippen LogP contribution in [0.1, 0.15) is 22.8 Å². The molecule has 1 heterocycles. The smallest absolute Gasteiger partial charge is 0.251 e. The molecule has 2 aromatic rings. The fourth-order valence-corrected chi connectivity index (χ4v) is 3.39. The van der Waals surface area contributed by atoms with E-state index in [9.17, 15) is 9.90 Å². The zero-order valence-corrected chi connectivity index (χ0v) is 17.1. The molecule has 3 rings (SSSR count). The zero-order valence-electron chi connectivity index (χ0n) is 17.1. The molecule has 1 aliphatic rings. The Hall–Kier alpha value is -3.22. The van der Waals surface area contributed by atoms with Crippen LogP contribution in [0.2, 0.25) is 0 Å². The third-order valence-electron chi connectivity index (χ3n) is 4.99. The first kappa shape index (κ1) is 20.5. The van der Waals surface area contributed by atoms with Gasteiger partial charge in [-0.3, -0.25) is 4.79 Å². The van der Waals surface area contributed by atoms with Crippen molar-refractivity contribution in [3.8, 4) is 5.75 Å². The number of para-hydroxylation sites is 2. The number of aliphatic imine (C=N–C) groups is 1. The van der Waals surface area contributed by atoms with E-state index in [0.717, 1.165) is 49.9 Å². The first-order chi connectivity index (χ1) is 14.1. The third kappa shape index (κ3) is 5.19. The largest absolute Gasteiger partial charge is 0.506 e. The van der Waals surface area contributed by atoms with Gasteiger partial charge in [0.25, 0.3) is 5.91 Å². The number of nitrogens with one attached hydrogen (secondary N) is 2. The molecule has 0 radical (unpaired) electrons. The summed E-state index contributed by atoms with van der Waals surface area (Å²) in [5.74, 6) is 1.12. The first-order valence-corrected chi connectivity index (χ1v) is 9.99. The number of phenols is 1. The van der Waals surface area contributed by atoms with Crippen LogP contribution in [0.3, 0.4) is 0 Å². The minimum absolute atomic E-state index is 0.0873. The van der Waals surface area contributed by atoms with Crippen LogP contribution in [0.4, 0.5) is 5.69 Å². The van der Waals surface area contributed by atoms with E-state index in [0.29, 0.717) is 17.9 Å². The number of hydrogen-bond acceptors (Lipinski definition) is 4. The van der Waals surface area contributed by atoms with Crippen molar-refractivity contribution in [3.63, 3.8) is 0 Å². The molecule has 1 saturated heterocycles. The number of nitrogens with zero attached hydrogens (tertiary/aromatic N) is 3. The van der Waals surface area contributed by atoms with Crippen molar-refractivity contribution in [3.05, 3.63) is 59.7 Å². The minimum atomic E-state index is -0.0873. The maximum atomic E-state index is 11.7. The fourth-order valence-electron chi connectivity index (χ4n) is 3.39. The number of anilines is 1. The predicted molar refractivity (Wildman–Crippen MR) is 117 cm³/mol. The van der Waals surface area contributed by atoms with E-state index in [-0.39, 0.29) is 5.91 Å². The normalized spacial score (nSPS) is 14.6. The van der Waals surface area contributed by atoms with Crippen molar-refractivity contribution in [1.82, 2.24) is 15.5 Å². The van der Waals surface area contributed by atoms with Gasteiger partial charge in [-0.15, -0.1) is 0 Å². The Kier molecular flexibility index (Phi) is 6.94. The molecule has 1 amide bonds. The van der Waals surface area contributed by atoms with E-state index in [4.69, 9.17) is 4.99 Å². The first-order valence-electron chi connectivity index (χ1n) is 9.99. The van der Waals surface area contributed by atoms with Crippen molar-refractivity contribution in [2.45, 2.75) is 13.5 Å². The Balaban J connectivity index is 1.62. The van der Waals surface area contributed by atoms with Crippen molar-refractivity contribution >= 4 is 17.6 Å². The van der Waals surface area contributed by atoms with Gasteiger partial charge in [-0.2, -0.15) is 0 Å². The molecule has 7 nitrogen and oxygen atoms in total. The number of guanidine groups is 1. The number of rotatable bonds is 5. The number of hydrogen-bond donors (Lipinski definition) is 3. The summed E-state index contributed by atoms with van der Waals surface area (Å²) < 4.78 is 0.